The standard InChI is InChI=1S/C29H32ClF2N3O3/c30-25-3-1-2-23-24(15-33-29(23)25)22-8-9-34(17-27(22)37)16-26(36)19-6-10-35(11-7-19)28(38)5-4-18-12-20(31)14-21(32)13-18/h1-5,12-15,19,22,26-27,33,36-37H,6-11,16-17H2/b5-4+/t22-,26-,27?/m1/s1. The van der Waals surface area contributed by atoms with Crippen molar-refractivity contribution in [1.29, 1.82) is 0 Å². The molecule has 2 aromatic carbocycles. The number of hydrogen-bond donors (Lipinski definition) is 3. The van der Waals surface area contributed by atoms with E-state index in [1.165, 1.54) is 24.3 Å². The number of carbonyl (C=O) groups excluding carboxylic acids is 1. The largest absolute Gasteiger partial charge is 0.392 e. The summed E-state index contributed by atoms with van der Waals surface area (Å²) in [4.78, 5) is 19.6. The van der Waals surface area contributed by atoms with Gasteiger partial charge < -0.3 is 20.1 Å². The molecular weight excluding hydrogens is 512 g/mol. The molecule has 0 bridgehead atoms. The fraction of sp³-hybridized carbons (Fsp3) is 0.414. The van der Waals surface area contributed by atoms with Crippen LogP contribution in [0.5, 0.6) is 0 Å². The molecule has 38 heavy (non-hydrogen) atoms. The molecule has 9 heteroatoms. The Hall–Kier alpha value is -2.78. The Morgan fingerprint density at radius 2 is 1.87 bits per heavy atom. The third-order valence-electron chi connectivity index (χ3n) is 7.91. The number of aromatic amines is 1. The zero-order valence-electron chi connectivity index (χ0n) is 21.0. The number of H-pyrrole nitrogens is 1. The van der Waals surface area contributed by atoms with E-state index in [0.717, 1.165) is 35.5 Å². The van der Waals surface area contributed by atoms with E-state index in [9.17, 15) is 23.8 Å². The normalized spacial score (nSPS) is 22.4. The maximum absolute atomic E-state index is 13.4. The Bertz CT molecular complexity index is 1300. The fourth-order valence-electron chi connectivity index (χ4n) is 5.83. The van der Waals surface area contributed by atoms with Crippen LogP contribution in [0.15, 0.2) is 48.7 Å². The minimum absolute atomic E-state index is 0.00165. The van der Waals surface area contributed by atoms with E-state index in [1.54, 1.807) is 4.90 Å². The number of piperidine rings is 2. The highest BCUT2D eigenvalue weighted by molar-refractivity contribution is 6.35. The maximum Gasteiger partial charge on any atom is 0.246 e. The molecule has 2 fully saturated rings. The van der Waals surface area contributed by atoms with Gasteiger partial charge in [-0.3, -0.25) is 9.69 Å². The summed E-state index contributed by atoms with van der Waals surface area (Å²) in [5.41, 5.74) is 2.25. The van der Waals surface area contributed by atoms with Crippen LogP contribution >= 0.6 is 11.6 Å². The van der Waals surface area contributed by atoms with Crippen LogP contribution in [0.3, 0.4) is 0 Å². The Morgan fingerprint density at radius 1 is 1.13 bits per heavy atom. The first kappa shape index (κ1) is 26.8. The topological polar surface area (TPSA) is 79.8 Å². The number of benzene rings is 2. The number of hydrogen-bond acceptors (Lipinski definition) is 4. The molecule has 1 amide bonds. The summed E-state index contributed by atoms with van der Waals surface area (Å²) in [6.45, 7) is 2.76. The van der Waals surface area contributed by atoms with Gasteiger partial charge in [-0.1, -0.05) is 23.7 Å². The van der Waals surface area contributed by atoms with Crippen LogP contribution in [0, 0.1) is 17.6 Å². The first-order chi connectivity index (χ1) is 18.3. The molecule has 2 aliphatic heterocycles. The monoisotopic (exact) mass is 543 g/mol. The summed E-state index contributed by atoms with van der Waals surface area (Å²) < 4.78 is 26.7. The van der Waals surface area contributed by atoms with E-state index in [4.69, 9.17) is 11.6 Å². The second kappa shape index (κ2) is 11.5. The highest BCUT2D eigenvalue weighted by Crippen LogP contribution is 2.36. The molecule has 2 saturated heterocycles. The molecule has 0 spiro atoms. The third kappa shape index (κ3) is 5.94. The van der Waals surface area contributed by atoms with Crippen molar-refractivity contribution in [3.05, 3.63) is 76.5 Å². The van der Waals surface area contributed by atoms with Crippen molar-refractivity contribution in [2.75, 3.05) is 32.7 Å². The smallest absolute Gasteiger partial charge is 0.246 e. The average molecular weight is 544 g/mol. The van der Waals surface area contributed by atoms with Crippen LogP contribution in [-0.2, 0) is 4.79 Å². The van der Waals surface area contributed by atoms with Gasteiger partial charge in [0.1, 0.15) is 11.6 Å². The summed E-state index contributed by atoms with van der Waals surface area (Å²) in [6.07, 6.45) is 5.71. The zero-order chi connectivity index (χ0) is 26.8. The minimum atomic E-state index is -0.688. The van der Waals surface area contributed by atoms with Crippen molar-refractivity contribution in [1.82, 2.24) is 14.8 Å². The molecule has 1 unspecified atom stereocenters. The number of nitrogens with one attached hydrogen (secondary N) is 1. The van der Waals surface area contributed by atoms with Crippen LogP contribution in [0.25, 0.3) is 17.0 Å². The van der Waals surface area contributed by atoms with Gasteiger partial charge in [0.2, 0.25) is 5.91 Å². The van der Waals surface area contributed by atoms with E-state index < -0.39 is 23.8 Å². The third-order valence-corrected chi connectivity index (χ3v) is 8.22. The van der Waals surface area contributed by atoms with Gasteiger partial charge in [0.15, 0.2) is 0 Å². The summed E-state index contributed by atoms with van der Waals surface area (Å²) >= 11 is 6.30. The number of β-amino-alcohol motifs (C(OH)–C–C–N with tert-alkyl or cyclic N) is 2. The van der Waals surface area contributed by atoms with E-state index >= 15 is 0 Å². The van der Waals surface area contributed by atoms with Crippen LogP contribution in [0.2, 0.25) is 5.02 Å². The van der Waals surface area contributed by atoms with Gasteiger partial charge >= 0.3 is 0 Å². The number of nitrogens with zero attached hydrogens (tertiary/aromatic N) is 2. The number of aromatic nitrogens is 1. The lowest BCUT2D eigenvalue weighted by molar-refractivity contribution is -0.128. The van der Waals surface area contributed by atoms with Gasteiger partial charge in [-0.05, 0) is 67.1 Å². The molecule has 5 rings (SSSR count). The zero-order valence-corrected chi connectivity index (χ0v) is 21.7. The van der Waals surface area contributed by atoms with Crippen molar-refractivity contribution >= 4 is 34.5 Å². The van der Waals surface area contributed by atoms with Gasteiger partial charge in [0.05, 0.1) is 22.7 Å². The first-order valence-electron chi connectivity index (χ1n) is 13.1. The second-order valence-electron chi connectivity index (χ2n) is 10.4. The number of rotatable bonds is 6. The van der Waals surface area contributed by atoms with Gasteiger partial charge in [-0.15, -0.1) is 0 Å². The summed E-state index contributed by atoms with van der Waals surface area (Å²) in [5, 5.41) is 23.6. The number of para-hydroxylation sites is 1. The lowest BCUT2D eigenvalue weighted by Crippen LogP contribution is -2.48. The van der Waals surface area contributed by atoms with Gasteiger partial charge in [-0.25, -0.2) is 8.78 Å². The molecule has 3 atom stereocenters. The Labute approximate surface area is 225 Å². The molecule has 3 N–H and O–H groups in total. The molecule has 202 valence electrons. The highest BCUT2D eigenvalue weighted by Gasteiger charge is 2.33. The van der Waals surface area contributed by atoms with Crippen molar-refractivity contribution in [3.8, 4) is 0 Å². The predicted molar refractivity (Wildman–Crippen MR) is 144 cm³/mol. The number of aliphatic hydroxyl groups excluding tert-OH is 2. The quantitative estimate of drug-likeness (QED) is 0.398. The summed E-state index contributed by atoms with van der Waals surface area (Å²) in [5.74, 6) is -1.53. The number of halogens is 3. The number of fused-ring (bicyclic) bond motifs is 1. The molecule has 3 heterocycles. The highest BCUT2D eigenvalue weighted by atomic mass is 35.5. The maximum atomic E-state index is 13.4. The number of carbonyl (C=O) groups is 1. The van der Waals surface area contributed by atoms with Gasteiger partial charge in [0, 0.05) is 55.8 Å². The van der Waals surface area contributed by atoms with Crippen LogP contribution in [0.4, 0.5) is 8.78 Å². The van der Waals surface area contributed by atoms with Crippen LogP contribution in [0.1, 0.15) is 36.3 Å². The summed E-state index contributed by atoms with van der Waals surface area (Å²) in [7, 11) is 0. The Kier molecular flexibility index (Phi) is 8.14. The van der Waals surface area contributed by atoms with Gasteiger partial charge in [0.25, 0.3) is 0 Å². The number of likely N-dealkylation sites (tertiary alicyclic amines) is 2. The van der Waals surface area contributed by atoms with E-state index in [1.807, 2.05) is 24.4 Å². The average Bonchev–Trinajstić information content (AvgIpc) is 3.32. The fourth-order valence-corrected chi connectivity index (χ4v) is 6.06. The Balaban J connectivity index is 1.10. The lowest BCUT2D eigenvalue weighted by Gasteiger charge is -2.39. The van der Waals surface area contributed by atoms with Crippen LogP contribution in [-0.4, -0.2) is 75.8 Å². The van der Waals surface area contributed by atoms with Gasteiger partial charge in [-0.2, -0.15) is 0 Å². The first-order valence-corrected chi connectivity index (χ1v) is 13.4. The second-order valence-corrected chi connectivity index (χ2v) is 10.8. The van der Waals surface area contributed by atoms with Crippen molar-refractivity contribution in [3.63, 3.8) is 0 Å². The van der Waals surface area contributed by atoms with E-state index in [2.05, 4.69) is 9.88 Å². The molecule has 0 radical (unpaired) electrons. The molecular formula is C29H32ClF2N3O3. The van der Waals surface area contributed by atoms with Crippen LogP contribution < -0.4 is 0 Å². The molecule has 1 aromatic heterocycles. The predicted octanol–water partition coefficient (Wildman–Crippen LogP) is 4.56. The molecule has 0 aliphatic carbocycles. The van der Waals surface area contributed by atoms with Crippen molar-refractivity contribution in [2.24, 2.45) is 5.92 Å². The SMILES string of the molecule is O=C(/C=C/c1cc(F)cc(F)c1)N1CCC([C@H](O)CN2CC[C@H](c3c[nH]c4c(Cl)cccc34)C(O)C2)CC1. The molecule has 6 nitrogen and oxygen atoms in total. The molecule has 3 aromatic rings. The summed E-state index contributed by atoms with van der Waals surface area (Å²) in [6, 6.07) is 8.91. The van der Waals surface area contributed by atoms with E-state index in [-0.39, 0.29) is 17.7 Å². The Morgan fingerprint density at radius 3 is 2.58 bits per heavy atom. The minimum Gasteiger partial charge on any atom is -0.392 e. The number of aliphatic hydroxyl groups is 2. The lowest BCUT2D eigenvalue weighted by atomic mass is 9.86. The molecule has 2 aliphatic rings. The van der Waals surface area contributed by atoms with Crippen molar-refractivity contribution in [2.45, 2.75) is 37.4 Å². The molecule has 0 saturated carbocycles. The van der Waals surface area contributed by atoms with E-state index in [0.29, 0.717) is 49.6 Å². The number of amides is 1. The van der Waals surface area contributed by atoms with Crippen molar-refractivity contribution < 1.29 is 23.8 Å².